The quantitative estimate of drug-likeness (QED) is 0.718. The molecule has 118 valence electrons. The number of amides is 1. The molecule has 1 heterocycles. The highest BCUT2D eigenvalue weighted by Crippen LogP contribution is 2.29. The van der Waals surface area contributed by atoms with Gasteiger partial charge in [0.05, 0.1) is 6.61 Å². The molecule has 3 rings (SSSR count). The number of aromatic nitrogens is 2. The number of hydrogen-bond donors (Lipinski definition) is 2. The molecule has 0 atom stereocenters. The van der Waals surface area contributed by atoms with E-state index in [9.17, 15) is 9.18 Å². The maximum absolute atomic E-state index is 14.3. The number of fused-ring (bicyclic) bond motifs is 1. The second-order valence-electron chi connectivity index (χ2n) is 4.77. The van der Waals surface area contributed by atoms with Gasteiger partial charge >= 0.3 is 0 Å². The van der Waals surface area contributed by atoms with Crippen LogP contribution in [0.5, 0.6) is 5.75 Å². The van der Waals surface area contributed by atoms with Gasteiger partial charge in [0.2, 0.25) is 0 Å². The van der Waals surface area contributed by atoms with Crippen LogP contribution in [-0.4, -0.2) is 22.7 Å². The molecular weight excluding hydrogens is 365 g/mol. The Hall–Kier alpha value is -2.41. The van der Waals surface area contributed by atoms with Gasteiger partial charge in [-0.2, -0.15) is 5.10 Å². The van der Waals surface area contributed by atoms with Gasteiger partial charge in [-0.25, -0.2) is 4.39 Å². The molecule has 23 heavy (non-hydrogen) atoms. The van der Waals surface area contributed by atoms with Crippen molar-refractivity contribution >= 4 is 38.6 Å². The fourth-order valence-electron chi connectivity index (χ4n) is 2.21. The molecule has 3 aromatic rings. The number of aromatic amines is 1. The van der Waals surface area contributed by atoms with Crippen LogP contribution in [0.2, 0.25) is 0 Å². The van der Waals surface area contributed by atoms with E-state index in [1.165, 1.54) is 6.07 Å². The Kier molecular flexibility index (Phi) is 4.29. The van der Waals surface area contributed by atoms with Crippen LogP contribution in [0.4, 0.5) is 10.2 Å². The van der Waals surface area contributed by atoms with Crippen molar-refractivity contribution in [2.45, 2.75) is 6.92 Å². The monoisotopic (exact) mass is 377 g/mol. The summed E-state index contributed by atoms with van der Waals surface area (Å²) in [4.78, 5) is 12.3. The fourth-order valence-corrected chi connectivity index (χ4v) is 2.61. The van der Waals surface area contributed by atoms with Crippen molar-refractivity contribution in [3.05, 3.63) is 52.3 Å². The van der Waals surface area contributed by atoms with Gasteiger partial charge in [0.25, 0.3) is 5.91 Å². The number of benzene rings is 2. The zero-order valence-electron chi connectivity index (χ0n) is 12.2. The minimum Gasteiger partial charge on any atom is -0.491 e. The number of hydrogen-bond acceptors (Lipinski definition) is 3. The molecule has 0 saturated carbocycles. The highest BCUT2D eigenvalue weighted by atomic mass is 79.9. The smallest absolute Gasteiger partial charge is 0.256 e. The number of carbonyl (C=O) groups excluding carboxylic acids is 1. The standard InChI is InChI=1S/C16H13BrFN3O2/c1-2-23-12-7-6-11-14(13(12)18)20-21-15(11)19-16(22)9-4-3-5-10(17)8-9/h3-8H,2H2,1H3,(H2,19,20,21,22). The summed E-state index contributed by atoms with van der Waals surface area (Å²) in [6.07, 6.45) is 0. The summed E-state index contributed by atoms with van der Waals surface area (Å²) in [5.41, 5.74) is 0.669. The third-order valence-corrected chi connectivity index (χ3v) is 3.75. The first-order valence-corrected chi connectivity index (χ1v) is 7.75. The number of rotatable bonds is 4. The van der Waals surface area contributed by atoms with E-state index in [1.54, 1.807) is 31.2 Å². The van der Waals surface area contributed by atoms with E-state index in [4.69, 9.17) is 4.74 Å². The summed E-state index contributed by atoms with van der Waals surface area (Å²) >= 11 is 3.32. The summed E-state index contributed by atoms with van der Waals surface area (Å²) in [6.45, 7) is 2.14. The Morgan fingerprint density at radius 3 is 2.96 bits per heavy atom. The number of ether oxygens (including phenoxy) is 1. The predicted octanol–water partition coefficient (Wildman–Crippen LogP) is 4.12. The molecule has 2 aromatic carbocycles. The summed E-state index contributed by atoms with van der Waals surface area (Å²) in [6, 6.07) is 10.1. The Bertz CT molecular complexity index is 879. The van der Waals surface area contributed by atoms with Gasteiger partial charge in [-0.15, -0.1) is 0 Å². The molecule has 1 amide bonds. The summed E-state index contributed by atoms with van der Waals surface area (Å²) in [5, 5.41) is 9.73. The molecule has 0 aliphatic rings. The lowest BCUT2D eigenvalue weighted by molar-refractivity contribution is 0.102. The summed E-state index contributed by atoms with van der Waals surface area (Å²) in [5.74, 6) is -0.436. The van der Waals surface area contributed by atoms with Crippen molar-refractivity contribution in [2.75, 3.05) is 11.9 Å². The van der Waals surface area contributed by atoms with Crippen LogP contribution in [0, 0.1) is 5.82 Å². The van der Waals surface area contributed by atoms with Crippen molar-refractivity contribution in [3.63, 3.8) is 0 Å². The minimum atomic E-state index is -0.528. The molecule has 0 aliphatic carbocycles. The van der Waals surface area contributed by atoms with Crippen LogP contribution in [0.1, 0.15) is 17.3 Å². The van der Waals surface area contributed by atoms with Crippen LogP contribution >= 0.6 is 15.9 Å². The normalized spacial score (nSPS) is 10.7. The van der Waals surface area contributed by atoms with Crippen molar-refractivity contribution < 1.29 is 13.9 Å². The molecule has 0 bridgehead atoms. The van der Waals surface area contributed by atoms with E-state index < -0.39 is 5.82 Å². The first-order chi connectivity index (χ1) is 11.1. The minimum absolute atomic E-state index is 0.147. The highest BCUT2D eigenvalue weighted by Gasteiger charge is 2.16. The average molecular weight is 378 g/mol. The largest absolute Gasteiger partial charge is 0.491 e. The van der Waals surface area contributed by atoms with Crippen molar-refractivity contribution in [1.29, 1.82) is 0 Å². The van der Waals surface area contributed by atoms with E-state index in [2.05, 4.69) is 31.4 Å². The molecule has 0 saturated heterocycles. The number of nitrogens with one attached hydrogen (secondary N) is 2. The van der Waals surface area contributed by atoms with Crippen LogP contribution in [0.25, 0.3) is 10.9 Å². The highest BCUT2D eigenvalue weighted by molar-refractivity contribution is 9.10. The third-order valence-electron chi connectivity index (χ3n) is 3.26. The van der Waals surface area contributed by atoms with Gasteiger partial charge in [0, 0.05) is 15.4 Å². The first kappa shape index (κ1) is 15.5. The Morgan fingerprint density at radius 1 is 1.39 bits per heavy atom. The zero-order chi connectivity index (χ0) is 16.4. The molecule has 0 aliphatic heterocycles. The van der Waals surface area contributed by atoms with E-state index in [1.807, 2.05) is 6.07 Å². The molecule has 5 nitrogen and oxygen atoms in total. The Balaban J connectivity index is 1.92. The van der Waals surface area contributed by atoms with Crippen LogP contribution in [-0.2, 0) is 0 Å². The van der Waals surface area contributed by atoms with Gasteiger partial charge < -0.3 is 10.1 Å². The molecule has 2 N–H and O–H groups in total. The maximum atomic E-state index is 14.3. The molecule has 1 aromatic heterocycles. The number of H-pyrrole nitrogens is 1. The first-order valence-electron chi connectivity index (χ1n) is 6.96. The van der Waals surface area contributed by atoms with Crippen LogP contribution in [0.15, 0.2) is 40.9 Å². The van der Waals surface area contributed by atoms with Gasteiger partial charge in [-0.1, -0.05) is 22.0 Å². The number of nitrogens with zero attached hydrogens (tertiary/aromatic N) is 1. The van der Waals surface area contributed by atoms with E-state index in [0.29, 0.717) is 17.6 Å². The maximum Gasteiger partial charge on any atom is 0.256 e. The van der Waals surface area contributed by atoms with Crippen molar-refractivity contribution in [1.82, 2.24) is 10.2 Å². The van der Waals surface area contributed by atoms with E-state index >= 15 is 0 Å². The SMILES string of the molecule is CCOc1ccc2c(NC(=O)c3cccc(Br)c3)n[nH]c2c1F. The van der Waals surface area contributed by atoms with Gasteiger partial charge in [0.15, 0.2) is 17.4 Å². The van der Waals surface area contributed by atoms with Crippen molar-refractivity contribution in [3.8, 4) is 5.75 Å². The third kappa shape index (κ3) is 3.05. The van der Waals surface area contributed by atoms with E-state index in [-0.39, 0.29) is 23.0 Å². The molecule has 0 fully saturated rings. The predicted molar refractivity (Wildman–Crippen MR) is 89.3 cm³/mol. The van der Waals surface area contributed by atoms with Gasteiger partial charge in [0.1, 0.15) is 5.52 Å². The Morgan fingerprint density at radius 2 is 2.22 bits per heavy atom. The number of halogens is 2. The molecule has 7 heteroatoms. The van der Waals surface area contributed by atoms with Crippen LogP contribution < -0.4 is 10.1 Å². The number of carbonyl (C=O) groups is 1. The van der Waals surface area contributed by atoms with Gasteiger partial charge in [-0.05, 0) is 37.3 Å². The second kappa shape index (κ2) is 6.37. The van der Waals surface area contributed by atoms with Gasteiger partial charge in [-0.3, -0.25) is 9.89 Å². The van der Waals surface area contributed by atoms with Crippen LogP contribution in [0.3, 0.4) is 0 Å². The summed E-state index contributed by atoms with van der Waals surface area (Å²) in [7, 11) is 0. The molecule has 0 radical (unpaired) electrons. The lowest BCUT2D eigenvalue weighted by Crippen LogP contribution is -2.12. The second-order valence-corrected chi connectivity index (χ2v) is 5.69. The molecule has 0 spiro atoms. The van der Waals surface area contributed by atoms with Crippen molar-refractivity contribution in [2.24, 2.45) is 0 Å². The van der Waals surface area contributed by atoms with E-state index in [0.717, 1.165) is 4.47 Å². The molecule has 0 unspecified atom stereocenters. The lowest BCUT2D eigenvalue weighted by Gasteiger charge is -2.05. The molecular formula is C16H13BrFN3O2. The fraction of sp³-hybridized carbons (Fsp3) is 0.125. The topological polar surface area (TPSA) is 67.0 Å². The zero-order valence-corrected chi connectivity index (χ0v) is 13.8. The Labute approximate surface area is 140 Å². The number of anilines is 1. The summed E-state index contributed by atoms with van der Waals surface area (Å²) < 4.78 is 20.3. The lowest BCUT2D eigenvalue weighted by atomic mass is 10.2. The average Bonchev–Trinajstić information content (AvgIpc) is 2.94.